The smallest absolute Gasteiger partial charge is 0.161 e. The number of likely N-dealkylation sites (tertiary alicyclic amines) is 1. The fourth-order valence-corrected chi connectivity index (χ4v) is 5.95. The van der Waals surface area contributed by atoms with Gasteiger partial charge in [-0.15, -0.1) is 0 Å². The number of aromatic nitrogens is 6. The summed E-state index contributed by atoms with van der Waals surface area (Å²) >= 11 is 0. The highest BCUT2D eigenvalue weighted by Crippen LogP contribution is 2.34. The van der Waals surface area contributed by atoms with Crippen LogP contribution < -0.4 is 15.2 Å². The average Bonchev–Trinajstić information content (AvgIpc) is 3.80. The Balaban J connectivity index is 1.18. The van der Waals surface area contributed by atoms with E-state index in [1.807, 2.05) is 55.4 Å². The van der Waals surface area contributed by atoms with E-state index in [9.17, 15) is 4.39 Å². The van der Waals surface area contributed by atoms with Gasteiger partial charge in [0.05, 0.1) is 23.1 Å². The lowest BCUT2D eigenvalue weighted by Gasteiger charge is -2.15. The molecule has 47 heavy (non-hydrogen) atoms. The molecule has 4 N–H and O–H groups in total. The van der Waals surface area contributed by atoms with Crippen molar-refractivity contribution in [3.8, 4) is 34.3 Å². The Bertz CT molecular complexity index is 1960. The minimum absolute atomic E-state index is 0.396. The second-order valence-corrected chi connectivity index (χ2v) is 12.2. The zero-order chi connectivity index (χ0) is 32.3. The lowest BCUT2D eigenvalue weighted by molar-refractivity contribution is 0.237. The second kappa shape index (κ2) is 13.3. The molecule has 2 aliphatic rings. The number of likely N-dealkylation sites (N-methyl/N-ethyl adjacent to an activating group) is 1. The Morgan fingerprint density at radius 3 is 2.62 bits per heavy atom. The maximum absolute atomic E-state index is 14.8. The number of hydrogen-bond acceptors (Lipinski definition) is 9. The molecule has 5 aromatic rings. The summed E-state index contributed by atoms with van der Waals surface area (Å²) in [5.74, 6) is 1.29. The molecule has 4 aromatic heterocycles. The van der Waals surface area contributed by atoms with Gasteiger partial charge in [0.25, 0.3) is 0 Å². The Kier molecular flexibility index (Phi) is 8.68. The predicted molar refractivity (Wildman–Crippen MR) is 179 cm³/mol. The van der Waals surface area contributed by atoms with Gasteiger partial charge in [0.1, 0.15) is 36.0 Å². The van der Waals surface area contributed by atoms with Crippen LogP contribution in [0.5, 0.6) is 11.5 Å². The molecule has 1 fully saturated rings. The number of pyridine rings is 2. The number of nitrogens with one attached hydrogen (secondary N) is 2. The molecule has 1 saturated heterocycles. The van der Waals surface area contributed by atoms with Crippen molar-refractivity contribution < 1.29 is 13.9 Å². The Labute approximate surface area is 272 Å². The molecule has 1 aliphatic carbocycles. The van der Waals surface area contributed by atoms with Crippen molar-refractivity contribution in [3.63, 3.8) is 0 Å². The van der Waals surface area contributed by atoms with Crippen molar-refractivity contribution in [1.29, 1.82) is 0 Å². The van der Waals surface area contributed by atoms with Crippen LogP contribution in [0.2, 0.25) is 0 Å². The first-order valence-electron chi connectivity index (χ1n) is 15.9. The van der Waals surface area contributed by atoms with Crippen LogP contribution in [0, 0.1) is 5.82 Å². The monoisotopic (exact) mass is 635 g/mol. The van der Waals surface area contributed by atoms with Crippen LogP contribution in [0.4, 0.5) is 4.39 Å². The van der Waals surface area contributed by atoms with Gasteiger partial charge in [0, 0.05) is 54.3 Å². The molecule has 0 spiro atoms. The van der Waals surface area contributed by atoms with E-state index >= 15 is 0 Å². The standard InChI is InChI=1S/C35H38FN9O2/c1-44(2)11-13-46-26-16-22(15-24(36)18-26)28-6-5-25(37)19-31-32(28)41-35(40-31)34-33-30(42-43-34)8-7-29(39-33)23-17-27(21-38-20-23)47-14-12-45-9-3-4-10-45/h5-8,15-18,20-21H,3-4,9-14,19,37H2,1-2H3,(H,40,41)(H,42,43). The molecule has 7 rings (SSSR count). The third kappa shape index (κ3) is 6.88. The van der Waals surface area contributed by atoms with Crippen LogP contribution in [0.25, 0.3) is 39.4 Å². The molecular weight excluding hydrogens is 597 g/mol. The Morgan fingerprint density at radius 1 is 0.936 bits per heavy atom. The number of ether oxygens (including phenoxy) is 2. The molecular formula is C35H38FN9O2. The lowest BCUT2D eigenvalue weighted by Crippen LogP contribution is -2.25. The molecule has 0 atom stereocenters. The molecule has 1 aromatic carbocycles. The van der Waals surface area contributed by atoms with E-state index in [1.165, 1.54) is 25.0 Å². The summed E-state index contributed by atoms with van der Waals surface area (Å²) in [7, 11) is 3.93. The summed E-state index contributed by atoms with van der Waals surface area (Å²) < 4.78 is 26.7. The van der Waals surface area contributed by atoms with E-state index in [2.05, 4.69) is 25.1 Å². The number of allylic oxidation sites excluding steroid dienone is 3. The predicted octanol–water partition coefficient (Wildman–Crippen LogP) is 4.79. The van der Waals surface area contributed by atoms with Gasteiger partial charge in [0.2, 0.25) is 0 Å². The van der Waals surface area contributed by atoms with Gasteiger partial charge < -0.3 is 25.1 Å². The van der Waals surface area contributed by atoms with E-state index in [0.29, 0.717) is 71.7 Å². The van der Waals surface area contributed by atoms with Crippen LogP contribution >= 0.6 is 0 Å². The number of benzene rings is 1. The van der Waals surface area contributed by atoms with Gasteiger partial charge in [0.15, 0.2) is 11.5 Å². The normalized spacial score (nSPS) is 15.1. The van der Waals surface area contributed by atoms with Crippen LogP contribution in [0.15, 0.2) is 66.6 Å². The summed E-state index contributed by atoms with van der Waals surface area (Å²) in [6.07, 6.45) is 10.2. The highest BCUT2D eigenvalue weighted by molar-refractivity contribution is 5.90. The Morgan fingerprint density at radius 2 is 1.77 bits per heavy atom. The zero-order valence-electron chi connectivity index (χ0n) is 26.6. The van der Waals surface area contributed by atoms with E-state index in [-0.39, 0.29) is 0 Å². The van der Waals surface area contributed by atoms with Gasteiger partial charge in [-0.1, -0.05) is 6.08 Å². The third-order valence-electron chi connectivity index (χ3n) is 8.38. The first-order valence-corrected chi connectivity index (χ1v) is 15.9. The number of aromatic amines is 2. The topological polar surface area (TPSA) is 134 Å². The highest BCUT2D eigenvalue weighted by atomic mass is 19.1. The van der Waals surface area contributed by atoms with Crippen LogP contribution in [-0.4, -0.2) is 93.4 Å². The first kappa shape index (κ1) is 30.6. The quantitative estimate of drug-likeness (QED) is 0.187. The van der Waals surface area contributed by atoms with Gasteiger partial charge in [-0.2, -0.15) is 5.10 Å². The molecule has 0 amide bonds. The highest BCUT2D eigenvalue weighted by Gasteiger charge is 2.23. The van der Waals surface area contributed by atoms with Gasteiger partial charge in [-0.05, 0) is 82.0 Å². The average molecular weight is 636 g/mol. The summed E-state index contributed by atoms with van der Waals surface area (Å²) in [6.45, 7) is 4.94. The van der Waals surface area contributed by atoms with Crippen molar-refractivity contribution in [3.05, 3.63) is 89.4 Å². The van der Waals surface area contributed by atoms with E-state index < -0.39 is 5.82 Å². The van der Waals surface area contributed by atoms with Crippen molar-refractivity contribution in [2.24, 2.45) is 5.73 Å². The maximum Gasteiger partial charge on any atom is 0.161 e. The minimum atomic E-state index is -0.396. The lowest BCUT2D eigenvalue weighted by atomic mass is 10.0. The fourth-order valence-electron chi connectivity index (χ4n) is 5.95. The molecule has 5 heterocycles. The van der Waals surface area contributed by atoms with Crippen molar-refractivity contribution in [2.75, 3.05) is 53.5 Å². The second-order valence-electron chi connectivity index (χ2n) is 12.2. The summed E-state index contributed by atoms with van der Waals surface area (Å²) in [5, 5.41) is 7.66. The van der Waals surface area contributed by atoms with Crippen LogP contribution in [0.3, 0.4) is 0 Å². The maximum atomic E-state index is 14.8. The van der Waals surface area contributed by atoms with E-state index in [4.69, 9.17) is 25.2 Å². The number of halogens is 1. The minimum Gasteiger partial charge on any atom is -0.492 e. The summed E-state index contributed by atoms with van der Waals surface area (Å²) in [6, 6.07) is 10.5. The molecule has 0 saturated carbocycles. The third-order valence-corrected chi connectivity index (χ3v) is 8.38. The number of rotatable bonds is 11. The van der Waals surface area contributed by atoms with Crippen LogP contribution in [-0.2, 0) is 6.42 Å². The molecule has 242 valence electrons. The number of H-pyrrole nitrogens is 2. The van der Waals surface area contributed by atoms with Crippen molar-refractivity contribution in [2.45, 2.75) is 19.3 Å². The van der Waals surface area contributed by atoms with E-state index in [0.717, 1.165) is 47.7 Å². The number of fused-ring (bicyclic) bond motifs is 2. The molecule has 0 bridgehead atoms. The SMILES string of the molecule is CN(C)CCOc1cc(F)cc(C2=CC=C(N)Cc3[nH]c(-c4n[nH]c5ccc(-c6cncc(OCCN7CCCC7)c6)nc45)nc32)c1. The number of nitrogens with zero attached hydrogens (tertiary/aromatic N) is 6. The van der Waals surface area contributed by atoms with Crippen molar-refractivity contribution in [1.82, 2.24) is 39.9 Å². The number of nitrogens with two attached hydrogens (primary N) is 1. The molecule has 11 nitrogen and oxygen atoms in total. The summed E-state index contributed by atoms with van der Waals surface area (Å²) in [5.41, 5.74) is 13.4. The molecule has 0 unspecified atom stereocenters. The molecule has 1 aliphatic heterocycles. The summed E-state index contributed by atoms with van der Waals surface area (Å²) in [4.78, 5) is 22.2. The first-order chi connectivity index (χ1) is 22.9. The van der Waals surface area contributed by atoms with Gasteiger partial charge >= 0.3 is 0 Å². The zero-order valence-corrected chi connectivity index (χ0v) is 26.6. The van der Waals surface area contributed by atoms with E-state index in [1.54, 1.807) is 12.4 Å². The van der Waals surface area contributed by atoms with Gasteiger partial charge in [-0.25, -0.2) is 14.4 Å². The number of hydrogen-bond donors (Lipinski definition) is 3. The molecule has 12 heteroatoms. The fraction of sp³-hybridized carbons (Fsp3) is 0.314. The molecule has 0 radical (unpaired) electrons. The van der Waals surface area contributed by atoms with Crippen molar-refractivity contribution >= 4 is 16.6 Å². The largest absolute Gasteiger partial charge is 0.492 e. The van der Waals surface area contributed by atoms with Crippen LogP contribution in [0.1, 0.15) is 29.8 Å². The number of imidazole rings is 1. The van der Waals surface area contributed by atoms with Gasteiger partial charge in [-0.3, -0.25) is 15.0 Å². The Hall–Kier alpha value is -5.07.